The first-order valence-corrected chi connectivity index (χ1v) is 9.86. The van der Waals surface area contributed by atoms with Crippen molar-refractivity contribution in [2.24, 2.45) is 21.7 Å². The number of rotatable bonds is 1. The van der Waals surface area contributed by atoms with E-state index in [1.165, 1.54) is 12.1 Å². The van der Waals surface area contributed by atoms with Crippen LogP contribution in [0.3, 0.4) is 0 Å². The van der Waals surface area contributed by atoms with E-state index < -0.39 is 11.8 Å². The molecule has 2 unspecified atom stereocenters. The summed E-state index contributed by atoms with van der Waals surface area (Å²) in [6.07, 6.45) is 2.28. The highest BCUT2D eigenvalue weighted by Gasteiger charge is 2.49. The Morgan fingerprint density at radius 2 is 1.57 bits per heavy atom. The van der Waals surface area contributed by atoms with Gasteiger partial charge < -0.3 is 10.2 Å². The van der Waals surface area contributed by atoms with Crippen LogP contribution in [0.4, 0.5) is 0 Å². The molecule has 1 saturated carbocycles. The number of hydrogen-bond donors (Lipinski definition) is 2. The molecule has 0 aromatic heterocycles. The minimum atomic E-state index is -0.471. The molecule has 3 aliphatic rings. The first-order chi connectivity index (χ1) is 13.0. The lowest BCUT2D eigenvalue weighted by Gasteiger charge is -2.44. The summed E-state index contributed by atoms with van der Waals surface area (Å²) in [7, 11) is 0. The van der Waals surface area contributed by atoms with Crippen LogP contribution in [0.25, 0.3) is 0 Å². The molecule has 148 valence electrons. The topological polar surface area (TPSA) is 87.0 Å². The van der Waals surface area contributed by atoms with Crippen LogP contribution < -0.4 is 0 Å². The number of fused-ring (bicyclic) bond motifs is 1. The van der Waals surface area contributed by atoms with Crippen LogP contribution >= 0.6 is 0 Å². The zero-order valence-electron chi connectivity index (χ0n) is 16.9. The summed E-state index contributed by atoms with van der Waals surface area (Å²) in [6, 6.07) is 4.60. The van der Waals surface area contributed by atoms with E-state index in [0.717, 1.165) is 17.8 Å². The largest absolute Gasteiger partial charge is 0.504 e. The van der Waals surface area contributed by atoms with E-state index in [9.17, 15) is 19.8 Å². The Labute approximate surface area is 165 Å². The fraction of sp³-hybridized carbons (Fsp3) is 0.522. The smallest absolute Gasteiger partial charge is 0.161 e. The lowest BCUT2D eigenvalue weighted by atomic mass is 9.60. The quantitative estimate of drug-likeness (QED) is 0.711. The summed E-state index contributed by atoms with van der Waals surface area (Å²) in [5.74, 6) is -1.24. The molecule has 1 heterocycles. The van der Waals surface area contributed by atoms with Crippen molar-refractivity contribution in [2.75, 3.05) is 0 Å². The highest BCUT2D eigenvalue weighted by Crippen LogP contribution is 2.52. The van der Waals surface area contributed by atoms with E-state index in [4.69, 9.17) is 4.99 Å². The lowest BCUT2D eigenvalue weighted by Crippen LogP contribution is -2.45. The number of ketones is 2. The molecular weight excluding hydrogens is 354 g/mol. The van der Waals surface area contributed by atoms with Gasteiger partial charge in [0.15, 0.2) is 17.3 Å². The molecule has 28 heavy (non-hydrogen) atoms. The highest BCUT2D eigenvalue weighted by molar-refractivity contribution is 6.13. The minimum absolute atomic E-state index is 0.0317. The number of phenols is 2. The van der Waals surface area contributed by atoms with Crippen LogP contribution in [0.1, 0.15) is 64.9 Å². The molecule has 5 heteroatoms. The molecule has 4 rings (SSSR count). The summed E-state index contributed by atoms with van der Waals surface area (Å²) in [5.41, 5.74) is 2.62. The molecule has 1 aromatic rings. The molecule has 1 fully saturated rings. The van der Waals surface area contributed by atoms with Gasteiger partial charge in [-0.15, -0.1) is 0 Å². The third-order valence-electron chi connectivity index (χ3n) is 6.20. The maximum atomic E-state index is 13.2. The number of nitrogens with zero attached hydrogens (tertiary/aromatic N) is 1. The van der Waals surface area contributed by atoms with Crippen molar-refractivity contribution < 1.29 is 19.8 Å². The molecule has 0 amide bonds. The second-order valence-electron chi connectivity index (χ2n) is 10.1. The summed E-state index contributed by atoms with van der Waals surface area (Å²) in [5, 5.41) is 19.8. The zero-order chi connectivity index (χ0) is 20.4. The van der Waals surface area contributed by atoms with E-state index in [-0.39, 0.29) is 33.9 Å². The van der Waals surface area contributed by atoms with E-state index in [0.29, 0.717) is 30.4 Å². The van der Waals surface area contributed by atoms with Gasteiger partial charge >= 0.3 is 0 Å². The van der Waals surface area contributed by atoms with Gasteiger partial charge in [-0.05, 0) is 41.4 Å². The maximum absolute atomic E-state index is 13.2. The fourth-order valence-electron chi connectivity index (χ4n) is 5.11. The molecule has 1 aromatic carbocycles. The van der Waals surface area contributed by atoms with Crippen molar-refractivity contribution >= 4 is 17.3 Å². The predicted octanol–water partition coefficient (Wildman–Crippen LogP) is 4.28. The summed E-state index contributed by atoms with van der Waals surface area (Å²) in [6.45, 7) is 8.28. The molecule has 0 radical (unpaired) electrons. The monoisotopic (exact) mass is 381 g/mol. The van der Waals surface area contributed by atoms with E-state index in [1.807, 2.05) is 0 Å². The van der Waals surface area contributed by atoms with Crippen LogP contribution in [0, 0.1) is 16.7 Å². The van der Waals surface area contributed by atoms with Gasteiger partial charge in [0.25, 0.3) is 0 Å². The van der Waals surface area contributed by atoms with Gasteiger partial charge in [0, 0.05) is 35.7 Å². The Kier molecular flexibility index (Phi) is 4.07. The Morgan fingerprint density at radius 1 is 0.893 bits per heavy atom. The lowest BCUT2D eigenvalue weighted by molar-refractivity contribution is -0.124. The van der Waals surface area contributed by atoms with Gasteiger partial charge in [-0.1, -0.05) is 33.8 Å². The number of phenolic OH excluding ortho intramolecular Hbond substituents is 2. The van der Waals surface area contributed by atoms with Crippen LogP contribution in [0.15, 0.2) is 34.5 Å². The second kappa shape index (κ2) is 6.03. The van der Waals surface area contributed by atoms with Gasteiger partial charge in [0.2, 0.25) is 0 Å². The number of Topliss-reactive ketones (excluding diaryl/α,β-unsaturated/α-hetero) is 2. The third kappa shape index (κ3) is 3.07. The highest BCUT2D eigenvalue weighted by atomic mass is 16.3. The van der Waals surface area contributed by atoms with Crippen molar-refractivity contribution in [3.8, 4) is 11.5 Å². The average molecular weight is 381 g/mol. The number of aromatic hydroxyl groups is 2. The molecule has 5 nitrogen and oxygen atoms in total. The van der Waals surface area contributed by atoms with Crippen molar-refractivity contribution in [3.63, 3.8) is 0 Å². The van der Waals surface area contributed by atoms with Gasteiger partial charge in [-0.3, -0.25) is 14.6 Å². The standard InChI is InChI=1S/C23H27NO4/c1-22(2)8-13-20(17(27)10-22)19(12-5-6-15(25)16(26)7-12)21-14(24-13)9-23(3,4)11-18(21)28/h5-7,19-20,25-26H,8-11H2,1-4H3. The Bertz CT molecular complexity index is 951. The van der Waals surface area contributed by atoms with Crippen molar-refractivity contribution in [1.82, 2.24) is 0 Å². The molecule has 1 aliphatic heterocycles. The number of aliphatic imine (C=N–C) groups is 1. The van der Waals surface area contributed by atoms with Crippen molar-refractivity contribution in [2.45, 2.75) is 59.3 Å². The Balaban J connectivity index is 1.92. The van der Waals surface area contributed by atoms with Crippen LogP contribution in [-0.4, -0.2) is 27.5 Å². The first-order valence-electron chi connectivity index (χ1n) is 9.86. The predicted molar refractivity (Wildman–Crippen MR) is 107 cm³/mol. The molecular formula is C23H27NO4. The van der Waals surface area contributed by atoms with Gasteiger partial charge in [0.05, 0.1) is 5.92 Å². The Hall–Kier alpha value is -2.43. The normalized spacial score (nSPS) is 28.5. The van der Waals surface area contributed by atoms with Gasteiger partial charge in [-0.2, -0.15) is 0 Å². The number of hydrogen-bond acceptors (Lipinski definition) is 5. The third-order valence-corrected chi connectivity index (χ3v) is 6.20. The molecule has 0 bridgehead atoms. The van der Waals surface area contributed by atoms with Crippen molar-refractivity contribution in [3.05, 3.63) is 35.0 Å². The number of carbonyl (C=O) groups is 2. The zero-order valence-corrected chi connectivity index (χ0v) is 16.9. The SMILES string of the molecule is CC1(C)CC(=O)C2C(=NC3=C(C(=O)CC(C)(C)C3)C2c2ccc(O)c(O)c2)C1. The summed E-state index contributed by atoms with van der Waals surface area (Å²) in [4.78, 5) is 31.2. The van der Waals surface area contributed by atoms with Crippen LogP contribution in [0.5, 0.6) is 11.5 Å². The molecule has 2 N–H and O–H groups in total. The van der Waals surface area contributed by atoms with E-state index >= 15 is 0 Å². The molecule has 2 aliphatic carbocycles. The molecule has 0 spiro atoms. The summed E-state index contributed by atoms with van der Waals surface area (Å²) < 4.78 is 0. The number of allylic oxidation sites excluding steroid dienone is 2. The van der Waals surface area contributed by atoms with Gasteiger partial charge in [-0.25, -0.2) is 0 Å². The van der Waals surface area contributed by atoms with Crippen LogP contribution in [0.2, 0.25) is 0 Å². The van der Waals surface area contributed by atoms with Crippen LogP contribution in [-0.2, 0) is 9.59 Å². The number of carbonyl (C=O) groups excluding carboxylic acids is 2. The second-order valence-corrected chi connectivity index (χ2v) is 10.1. The van der Waals surface area contributed by atoms with E-state index in [2.05, 4.69) is 27.7 Å². The minimum Gasteiger partial charge on any atom is -0.504 e. The van der Waals surface area contributed by atoms with E-state index in [1.54, 1.807) is 6.07 Å². The van der Waals surface area contributed by atoms with Crippen molar-refractivity contribution in [1.29, 1.82) is 0 Å². The maximum Gasteiger partial charge on any atom is 0.161 e. The fourth-order valence-corrected chi connectivity index (χ4v) is 5.11. The molecule has 0 saturated heterocycles. The Morgan fingerprint density at radius 3 is 2.25 bits per heavy atom. The first kappa shape index (κ1) is 18.9. The average Bonchev–Trinajstić information content (AvgIpc) is 2.53. The number of benzene rings is 1. The van der Waals surface area contributed by atoms with Gasteiger partial charge in [0.1, 0.15) is 5.78 Å². The molecule has 2 atom stereocenters. The summed E-state index contributed by atoms with van der Waals surface area (Å²) >= 11 is 0.